The van der Waals surface area contributed by atoms with E-state index in [1.54, 1.807) is 0 Å². The number of hydrogen-bond donors (Lipinski definition) is 4. The second-order valence-electron chi connectivity index (χ2n) is 4.44. The van der Waals surface area contributed by atoms with E-state index >= 15 is 0 Å². The van der Waals surface area contributed by atoms with E-state index in [4.69, 9.17) is 0 Å². The van der Waals surface area contributed by atoms with Crippen LogP contribution in [-0.4, -0.2) is 45.3 Å². The summed E-state index contributed by atoms with van der Waals surface area (Å²) in [6.07, 6.45) is 1.52. The van der Waals surface area contributed by atoms with E-state index in [0.717, 1.165) is 0 Å². The number of amidine groups is 1. The van der Waals surface area contributed by atoms with Crippen LogP contribution in [0.1, 0.15) is 5.69 Å². The maximum absolute atomic E-state index is 13.3. The van der Waals surface area contributed by atoms with Crippen molar-refractivity contribution in [2.24, 2.45) is 5.16 Å². The Kier molecular flexibility index (Phi) is 6.78. The molecule has 0 aliphatic carbocycles. The van der Waals surface area contributed by atoms with Gasteiger partial charge >= 0.3 is 0 Å². The Morgan fingerprint density at radius 1 is 1.46 bits per heavy atom. The molecule has 0 aliphatic heterocycles. The quantitative estimate of drug-likeness (QED) is 0.132. The lowest BCUT2D eigenvalue weighted by atomic mass is 10.3. The van der Waals surface area contributed by atoms with E-state index in [9.17, 15) is 14.2 Å². The lowest BCUT2D eigenvalue weighted by molar-refractivity contribution is 0.305. The van der Waals surface area contributed by atoms with Crippen LogP contribution in [0.4, 0.5) is 15.9 Å². The Morgan fingerprint density at radius 2 is 2.25 bits per heavy atom. The second-order valence-corrected chi connectivity index (χ2v) is 6.49. The van der Waals surface area contributed by atoms with E-state index in [1.165, 1.54) is 24.5 Å². The highest BCUT2D eigenvalue weighted by atomic mass is 79.9. The zero-order chi connectivity index (χ0) is 17.5. The van der Waals surface area contributed by atoms with Gasteiger partial charge in [-0.3, -0.25) is 0 Å². The van der Waals surface area contributed by atoms with Crippen molar-refractivity contribution in [1.82, 2.24) is 15.0 Å². The number of oxime groups is 1. The smallest absolute Gasteiger partial charge is 0.203 e. The Balaban J connectivity index is 2.05. The molecule has 12 heteroatoms. The molecule has 0 aliphatic rings. The Morgan fingerprint density at radius 3 is 2.92 bits per heavy atom. The molecule has 2 aromatic rings. The molecule has 1 unspecified atom stereocenters. The molecule has 0 bridgehead atoms. The van der Waals surface area contributed by atoms with Gasteiger partial charge in [-0.15, -0.1) is 4.72 Å². The fourth-order valence-corrected chi connectivity index (χ4v) is 2.45. The van der Waals surface area contributed by atoms with Crippen molar-refractivity contribution >= 4 is 44.6 Å². The van der Waals surface area contributed by atoms with Gasteiger partial charge < -0.3 is 20.4 Å². The average molecular weight is 421 g/mol. The summed E-state index contributed by atoms with van der Waals surface area (Å²) in [7, 11) is 0. The lowest BCUT2D eigenvalue weighted by Crippen LogP contribution is -2.28. The highest BCUT2D eigenvalue weighted by Gasteiger charge is 2.18. The molecule has 2 rings (SSSR count). The average Bonchev–Trinajstić information content (AvgIpc) is 3.00. The summed E-state index contributed by atoms with van der Waals surface area (Å²) in [5, 5.41) is 25.4. The highest BCUT2D eigenvalue weighted by molar-refractivity contribution is 9.10. The van der Waals surface area contributed by atoms with Crippen LogP contribution in [0.2, 0.25) is 0 Å². The van der Waals surface area contributed by atoms with Crippen LogP contribution < -0.4 is 15.4 Å². The number of halogens is 2. The lowest BCUT2D eigenvalue weighted by Gasteiger charge is -2.09. The molecule has 1 aromatic carbocycles. The van der Waals surface area contributed by atoms with Crippen LogP contribution in [0, 0.1) is 5.82 Å². The maximum atomic E-state index is 13.3. The molecule has 130 valence electrons. The summed E-state index contributed by atoms with van der Waals surface area (Å²) >= 11 is 1.95. The molecule has 0 amide bonds. The second kappa shape index (κ2) is 8.82. The summed E-state index contributed by atoms with van der Waals surface area (Å²) in [5.74, 6) is -0.223. The number of hydrogen-bond acceptors (Lipinski definition) is 8. The summed E-state index contributed by atoms with van der Waals surface area (Å²) in [4.78, 5) is 0. The third-order valence-electron chi connectivity index (χ3n) is 2.72. The summed E-state index contributed by atoms with van der Waals surface area (Å²) in [5.41, 5.74) is 0.601. The molecule has 9 nitrogen and oxygen atoms in total. The molecule has 24 heavy (non-hydrogen) atoms. The molecule has 4 N–H and O–H groups in total. The van der Waals surface area contributed by atoms with Crippen LogP contribution in [0.5, 0.6) is 0 Å². The van der Waals surface area contributed by atoms with Crippen LogP contribution >= 0.6 is 15.9 Å². The van der Waals surface area contributed by atoms with Crippen molar-refractivity contribution in [3.05, 3.63) is 34.2 Å². The fraction of sp³-hybridized carbons (Fsp3) is 0.250. The molecule has 0 radical (unpaired) electrons. The van der Waals surface area contributed by atoms with Gasteiger partial charge in [0, 0.05) is 23.6 Å². The minimum Gasteiger partial charge on any atom is -0.598 e. The fourth-order valence-electron chi connectivity index (χ4n) is 1.68. The van der Waals surface area contributed by atoms with Gasteiger partial charge in [-0.2, -0.15) is 0 Å². The molecule has 0 saturated carbocycles. The van der Waals surface area contributed by atoms with Crippen LogP contribution in [0.3, 0.4) is 0 Å². The minimum absolute atomic E-state index is 0.0377. The van der Waals surface area contributed by atoms with Gasteiger partial charge in [-0.25, -0.2) is 9.02 Å². The van der Waals surface area contributed by atoms with E-state index in [-0.39, 0.29) is 21.8 Å². The number of anilines is 2. The SMILES string of the molecule is C[S+]([O-])NCCNc1nonc1/C(=N/O)Nc1ccc(F)c(Br)c1. The Bertz CT molecular complexity index is 714. The van der Waals surface area contributed by atoms with E-state index in [1.807, 2.05) is 0 Å². The maximum Gasteiger partial charge on any atom is 0.203 e. The van der Waals surface area contributed by atoms with Crippen molar-refractivity contribution in [2.75, 3.05) is 30.0 Å². The van der Waals surface area contributed by atoms with Gasteiger partial charge in [0.25, 0.3) is 0 Å². The summed E-state index contributed by atoms with van der Waals surface area (Å²) < 4.78 is 31.8. The van der Waals surface area contributed by atoms with Crippen molar-refractivity contribution < 1.29 is 18.8 Å². The third kappa shape index (κ3) is 5.06. The first-order chi connectivity index (χ1) is 11.5. The number of benzene rings is 1. The van der Waals surface area contributed by atoms with Crippen LogP contribution in [0.15, 0.2) is 32.5 Å². The minimum atomic E-state index is -1.12. The highest BCUT2D eigenvalue weighted by Crippen LogP contribution is 2.21. The van der Waals surface area contributed by atoms with Gasteiger partial charge in [0.1, 0.15) is 12.1 Å². The summed E-state index contributed by atoms with van der Waals surface area (Å²) in [6.45, 7) is 0.806. The molecule has 0 saturated heterocycles. The largest absolute Gasteiger partial charge is 0.598 e. The zero-order valence-electron chi connectivity index (χ0n) is 12.4. The zero-order valence-corrected chi connectivity index (χ0v) is 14.8. The molecular formula is C12H14BrFN6O3S. The first kappa shape index (κ1) is 18.4. The van der Waals surface area contributed by atoms with E-state index in [2.05, 4.69) is 51.4 Å². The molecule has 1 aromatic heterocycles. The number of nitrogens with zero attached hydrogens (tertiary/aromatic N) is 3. The Labute approximate surface area is 148 Å². The van der Waals surface area contributed by atoms with Gasteiger partial charge in [0.05, 0.1) is 11.0 Å². The Hall–Kier alpha value is -1.89. The first-order valence-electron chi connectivity index (χ1n) is 6.59. The standard InChI is InChI=1S/C12H14BrFN6O3S/c1-24(22)16-5-4-15-11-10(19-23-20-11)12(18-21)17-7-2-3-9(14)8(13)6-7/h2-3,6,16,21H,4-5H2,1H3,(H,15,20)(H,17,18). The predicted molar refractivity (Wildman–Crippen MR) is 90.9 cm³/mol. The van der Waals surface area contributed by atoms with Crippen LogP contribution in [0.25, 0.3) is 0 Å². The van der Waals surface area contributed by atoms with Crippen molar-refractivity contribution in [1.29, 1.82) is 0 Å². The first-order valence-corrected chi connectivity index (χ1v) is 8.94. The van der Waals surface area contributed by atoms with E-state index in [0.29, 0.717) is 18.8 Å². The van der Waals surface area contributed by atoms with Gasteiger partial charge in [0.2, 0.25) is 11.7 Å². The van der Waals surface area contributed by atoms with Gasteiger partial charge in [-0.05, 0) is 44.4 Å². The normalized spacial score (nSPS) is 12.9. The van der Waals surface area contributed by atoms with Gasteiger partial charge in [-0.1, -0.05) is 5.16 Å². The third-order valence-corrected chi connectivity index (χ3v) is 3.94. The molecule has 0 fully saturated rings. The van der Waals surface area contributed by atoms with Crippen molar-refractivity contribution in [2.45, 2.75) is 0 Å². The number of nitrogens with one attached hydrogen (secondary N) is 3. The van der Waals surface area contributed by atoms with Crippen LogP contribution in [-0.2, 0) is 11.4 Å². The van der Waals surface area contributed by atoms with Gasteiger partial charge in [0.15, 0.2) is 5.69 Å². The molecule has 1 atom stereocenters. The summed E-state index contributed by atoms with van der Waals surface area (Å²) in [6, 6.07) is 4.19. The predicted octanol–water partition coefficient (Wildman–Crippen LogP) is 1.51. The number of rotatable bonds is 7. The molecule has 1 heterocycles. The topological polar surface area (TPSA) is 131 Å². The van der Waals surface area contributed by atoms with Crippen molar-refractivity contribution in [3.63, 3.8) is 0 Å². The van der Waals surface area contributed by atoms with Crippen molar-refractivity contribution in [3.8, 4) is 0 Å². The van der Waals surface area contributed by atoms with E-state index < -0.39 is 17.2 Å². The number of aromatic nitrogens is 2. The monoisotopic (exact) mass is 420 g/mol. The molecule has 0 spiro atoms. The molecular weight excluding hydrogens is 407 g/mol.